The second-order valence-electron chi connectivity index (χ2n) is 2.74. The standard InChI is InChI=1S/C9H11N3O2.ClH/c10-9(11)12-5-6-1-3-7(4-2-6)8(13)14;/h1-4H,5H2,(H,13,14)(H4,10,11,12);1H. The first-order chi connectivity index (χ1) is 6.59. The van der Waals surface area contributed by atoms with Crippen molar-refractivity contribution >= 4 is 24.3 Å². The van der Waals surface area contributed by atoms with Gasteiger partial charge in [0.05, 0.1) is 12.1 Å². The Morgan fingerprint density at radius 3 is 2.20 bits per heavy atom. The highest BCUT2D eigenvalue weighted by molar-refractivity contribution is 5.87. The van der Waals surface area contributed by atoms with Crippen LogP contribution in [-0.2, 0) is 6.54 Å². The van der Waals surface area contributed by atoms with Crippen molar-refractivity contribution in [2.75, 3.05) is 0 Å². The molecule has 0 heterocycles. The lowest BCUT2D eigenvalue weighted by atomic mass is 10.1. The SMILES string of the molecule is Cl.NC(N)=NCc1ccc(C(=O)O)cc1. The quantitative estimate of drug-likeness (QED) is 0.521. The Morgan fingerprint density at radius 2 is 1.80 bits per heavy atom. The number of carboxylic acids is 1. The van der Waals surface area contributed by atoms with Gasteiger partial charge in [-0.05, 0) is 17.7 Å². The van der Waals surface area contributed by atoms with Crippen molar-refractivity contribution in [2.45, 2.75) is 6.54 Å². The lowest BCUT2D eigenvalue weighted by Crippen LogP contribution is -2.22. The van der Waals surface area contributed by atoms with Crippen molar-refractivity contribution in [1.82, 2.24) is 0 Å². The summed E-state index contributed by atoms with van der Waals surface area (Å²) in [5.74, 6) is -0.925. The fourth-order valence-electron chi connectivity index (χ4n) is 0.935. The molecule has 0 aliphatic carbocycles. The second kappa shape index (κ2) is 5.87. The molecule has 0 unspecified atom stereocenters. The number of aromatic carboxylic acids is 1. The molecule has 6 heteroatoms. The molecule has 5 nitrogen and oxygen atoms in total. The minimum Gasteiger partial charge on any atom is -0.478 e. The highest BCUT2D eigenvalue weighted by Gasteiger charge is 2.00. The van der Waals surface area contributed by atoms with Gasteiger partial charge >= 0.3 is 5.97 Å². The molecule has 0 radical (unpaired) electrons. The molecule has 5 N–H and O–H groups in total. The fraction of sp³-hybridized carbons (Fsp3) is 0.111. The van der Waals surface area contributed by atoms with Crippen LogP contribution in [0.4, 0.5) is 0 Å². The van der Waals surface area contributed by atoms with Crippen LogP contribution in [0.2, 0.25) is 0 Å². The summed E-state index contributed by atoms with van der Waals surface area (Å²) in [5.41, 5.74) is 11.4. The number of halogens is 1. The number of nitrogens with zero attached hydrogens (tertiary/aromatic N) is 1. The lowest BCUT2D eigenvalue weighted by molar-refractivity contribution is 0.0697. The van der Waals surface area contributed by atoms with Crippen LogP contribution in [0.5, 0.6) is 0 Å². The van der Waals surface area contributed by atoms with Gasteiger partial charge in [-0.3, -0.25) is 0 Å². The molecule has 0 aliphatic heterocycles. The predicted molar refractivity (Wildman–Crippen MR) is 60.2 cm³/mol. The second-order valence-corrected chi connectivity index (χ2v) is 2.74. The molecule has 0 aromatic heterocycles. The van der Waals surface area contributed by atoms with Crippen molar-refractivity contribution in [3.8, 4) is 0 Å². The highest BCUT2D eigenvalue weighted by atomic mass is 35.5. The minimum absolute atomic E-state index is 0. The summed E-state index contributed by atoms with van der Waals surface area (Å²) in [5, 5.41) is 8.63. The number of hydrogen-bond acceptors (Lipinski definition) is 2. The molecule has 82 valence electrons. The summed E-state index contributed by atoms with van der Waals surface area (Å²) < 4.78 is 0. The van der Waals surface area contributed by atoms with Crippen LogP contribution in [-0.4, -0.2) is 17.0 Å². The molecule has 0 atom stereocenters. The Balaban J connectivity index is 0.00000196. The van der Waals surface area contributed by atoms with Gasteiger partial charge in [0, 0.05) is 0 Å². The zero-order chi connectivity index (χ0) is 10.6. The number of hydrogen-bond donors (Lipinski definition) is 3. The van der Waals surface area contributed by atoms with E-state index in [2.05, 4.69) is 4.99 Å². The molecule has 15 heavy (non-hydrogen) atoms. The molecule has 0 bridgehead atoms. The van der Waals surface area contributed by atoms with Crippen LogP contribution in [0.1, 0.15) is 15.9 Å². The van der Waals surface area contributed by atoms with Crippen molar-refractivity contribution in [3.05, 3.63) is 35.4 Å². The van der Waals surface area contributed by atoms with E-state index in [0.29, 0.717) is 6.54 Å². The van der Waals surface area contributed by atoms with E-state index in [1.54, 1.807) is 12.1 Å². The van der Waals surface area contributed by atoms with E-state index in [9.17, 15) is 4.79 Å². The Morgan fingerprint density at radius 1 is 1.27 bits per heavy atom. The lowest BCUT2D eigenvalue weighted by Gasteiger charge is -1.98. The maximum absolute atomic E-state index is 10.5. The molecule has 1 rings (SSSR count). The van der Waals surface area contributed by atoms with Crippen LogP contribution < -0.4 is 11.5 Å². The molecule has 1 aromatic carbocycles. The fourth-order valence-corrected chi connectivity index (χ4v) is 0.935. The monoisotopic (exact) mass is 229 g/mol. The maximum atomic E-state index is 10.5. The number of aliphatic imine (C=N–C) groups is 1. The van der Waals surface area contributed by atoms with Gasteiger partial charge in [-0.2, -0.15) is 0 Å². The first kappa shape index (κ1) is 13.2. The van der Waals surface area contributed by atoms with Gasteiger partial charge in [0.2, 0.25) is 0 Å². The molecule has 0 amide bonds. The topological polar surface area (TPSA) is 102 Å². The third-order valence-corrected chi connectivity index (χ3v) is 1.65. The number of carboxylic acid groups (broad SMARTS) is 1. The highest BCUT2D eigenvalue weighted by Crippen LogP contribution is 2.05. The molecule has 0 saturated heterocycles. The van der Waals surface area contributed by atoms with Crippen molar-refractivity contribution in [3.63, 3.8) is 0 Å². The van der Waals surface area contributed by atoms with Gasteiger partial charge in [0.25, 0.3) is 0 Å². The van der Waals surface area contributed by atoms with E-state index in [4.69, 9.17) is 16.6 Å². The zero-order valence-corrected chi connectivity index (χ0v) is 8.70. The van der Waals surface area contributed by atoms with E-state index in [1.807, 2.05) is 0 Å². The van der Waals surface area contributed by atoms with Crippen LogP contribution in [0.25, 0.3) is 0 Å². The van der Waals surface area contributed by atoms with Crippen LogP contribution in [0.15, 0.2) is 29.3 Å². The van der Waals surface area contributed by atoms with E-state index in [1.165, 1.54) is 12.1 Å². The van der Waals surface area contributed by atoms with Gasteiger partial charge in [0.15, 0.2) is 5.96 Å². The summed E-state index contributed by atoms with van der Waals surface area (Å²) in [6.07, 6.45) is 0. The predicted octanol–water partition coefficient (Wildman–Crippen LogP) is 0.580. The normalized spacial score (nSPS) is 8.80. The van der Waals surface area contributed by atoms with E-state index < -0.39 is 5.97 Å². The summed E-state index contributed by atoms with van der Waals surface area (Å²) in [4.78, 5) is 14.3. The molecule has 1 aromatic rings. The molecular formula is C9H12ClN3O2. The van der Waals surface area contributed by atoms with Crippen molar-refractivity contribution in [1.29, 1.82) is 0 Å². The Bertz CT molecular complexity index is 358. The molecule has 0 aliphatic rings. The Hall–Kier alpha value is -1.75. The van der Waals surface area contributed by atoms with Crippen molar-refractivity contribution < 1.29 is 9.90 Å². The third-order valence-electron chi connectivity index (χ3n) is 1.65. The number of carbonyl (C=O) groups is 1. The molecular weight excluding hydrogens is 218 g/mol. The van der Waals surface area contributed by atoms with Crippen LogP contribution in [0.3, 0.4) is 0 Å². The number of benzene rings is 1. The summed E-state index contributed by atoms with van der Waals surface area (Å²) in [6.45, 7) is 0.363. The molecule has 0 spiro atoms. The van der Waals surface area contributed by atoms with Crippen LogP contribution >= 0.6 is 12.4 Å². The number of rotatable bonds is 3. The summed E-state index contributed by atoms with van der Waals surface area (Å²) in [7, 11) is 0. The number of guanidine groups is 1. The van der Waals surface area contributed by atoms with Gasteiger partial charge in [0.1, 0.15) is 0 Å². The molecule has 0 fully saturated rings. The smallest absolute Gasteiger partial charge is 0.335 e. The zero-order valence-electron chi connectivity index (χ0n) is 7.88. The first-order valence-electron chi connectivity index (χ1n) is 3.97. The van der Waals surface area contributed by atoms with Gasteiger partial charge in [-0.25, -0.2) is 9.79 Å². The third kappa shape index (κ3) is 4.33. The summed E-state index contributed by atoms with van der Waals surface area (Å²) in [6, 6.07) is 6.38. The van der Waals surface area contributed by atoms with E-state index in [-0.39, 0.29) is 23.9 Å². The number of nitrogens with two attached hydrogens (primary N) is 2. The van der Waals surface area contributed by atoms with Gasteiger partial charge < -0.3 is 16.6 Å². The summed E-state index contributed by atoms with van der Waals surface area (Å²) >= 11 is 0. The average Bonchev–Trinajstić information content (AvgIpc) is 2.15. The largest absolute Gasteiger partial charge is 0.478 e. The molecule has 0 saturated carbocycles. The average molecular weight is 230 g/mol. The first-order valence-corrected chi connectivity index (χ1v) is 3.97. The Labute approximate surface area is 93.2 Å². The van der Waals surface area contributed by atoms with E-state index in [0.717, 1.165) is 5.56 Å². The van der Waals surface area contributed by atoms with Gasteiger partial charge in [-0.15, -0.1) is 12.4 Å². The van der Waals surface area contributed by atoms with E-state index >= 15 is 0 Å². The maximum Gasteiger partial charge on any atom is 0.335 e. The van der Waals surface area contributed by atoms with Crippen molar-refractivity contribution in [2.24, 2.45) is 16.5 Å². The minimum atomic E-state index is -0.946. The van der Waals surface area contributed by atoms with Crippen LogP contribution in [0, 0.1) is 0 Å². The van der Waals surface area contributed by atoms with Gasteiger partial charge in [-0.1, -0.05) is 12.1 Å². The Kier molecular flexibility index (Phi) is 5.19.